The lowest BCUT2D eigenvalue weighted by Crippen LogP contribution is -2.04. The lowest BCUT2D eigenvalue weighted by atomic mass is 10.2. The quantitative estimate of drug-likeness (QED) is 0.787. The summed E-state index contributed by atoms with van der Waals surface area (Å²) in [7, 11) is 1.83. The van der Waals surface area contributed by atoms with Crippen molar-refractivity contribution in [2.24, 2.45) is 0 Å². The Balaban J connectivity index is 2.70. The Labute approximate surface area is 86.1 Å². The summed E-state index contributed by atoms with van der Waals surface area (Å²) in [4.78, 5) is 2.83. The zero-order valence-corrected chi connectivity index (χ0v) is 8.45. The van der Waals surface area contributed by atoms with Crippen LogP contribution in [0.25, 0.3) is 10.9 Å². The first-order valence-electron chi connectivity index (χ1n) is 4.33. The molecule has 0 aliphatic carbocycles. The van der Waals surface area contributed by atoms with Crippen LogP contribution in [-0.4, -0.2) is 12.0 Å². The number of nitrogens with one attached hydrogen (secondary N) is 2. The van der Waals surface area contributed by atoms with Crippen molar-refractivity contribution < 1.29 is 4.39 Å². The third kappa shape index (κ3) is 1.38. The lowest BCUT2D eigenvalue weighted by Gasteiger charge is -1.97. The molecule has 0 radical (unpaired) electrons. The van der Waals surface area contributed by atoms with Crippen molar-refractivity contribution in [2.75, 3.05) is 7.05 Å². The summed E-state index contributed by atoms with van der Waals surface area (Å²) in [5.74, 6) is -0.272. The molecule has 74 valence electrons. The van der Waals surface area contributed by atoms with Crippen LogP contribution in [0.2, 0.25) is 5.15 Å². The summed E-state index contributed by atoms with van der Waals surface area (Å²) in [6, 6.07) is 4.95. The minimum atomic E-state index is -0.272. The van der Waals surface area contributed by atoms with Gasteiger partial charge in [-0.3, -0.25) is 0 Å². The van der Waals surface area contributed by atoms with Crippen LogP contribution in [0.3, 0.4) is 0 Å². The van der Waals surface area contributed by atoms with E-state index in [1.807, 2.05) is 13.1 Å². The zero-order valence-electron chi connectivity index (χ0n) is 7.70. The van der Waals surface area contributed by atoms with Crippen LogP contribution in [-0.2, 0) is 6.54 Å². The summed E-state index contributed by atoms with van der Waals surface area (Å²) >= 11 is 5.96. The van der Waals surface area contributed by atoms with Crippen LogP contribution in [0.1, 0.15) is 5.56 Å². The average Bonchev–Trinajstić information content (AvgIpc) is 2.47. The normalized spacial score (nSPS) is 11.1. The molecule has 2 nitrogen and oxygen atoms in total. The summed E-state index contributed by atoms with van der Waals surface area (Å²) in [6.45, 7) is 0.627. The number of aromatic nitrogens is 1. The number of hydrogen-bond acceptors (Lipinski definition) is 1. The summed E-state index contributed by atoms with van der Waals surface area (Å²) in [6.07, 6.45) is 0. The van der Waals surface area contributed by atoms with Crippen molar-refractivity contribution in [3.05, 3.63) is 34.7 Å². The minimum absolute atomic E-state index is 0.272. The largest absolute Gasteiger partial charge is 0.343 e. The molecule has 0 aliphatic rings. The number of benzene rings is 1. The van der Waals surface area contributed by atoms with Gasteiger partial charge in [0.25, 0.3) is 0 Å². The molecule has 1 aromatic heterocycles. The van der Waals surface area contributed by atoms with Crippen LogP contribution >= 0.6 is 11.6 Å². The molecule has 2 aromatic rings. The van der Waals surface area contributed by atoms with E-state index in [4.69, 9.17) is 11.6 Å². The fourth-order valence-corrected chi connectivity index (χ4v) is 1.82. The smallest absolute Gasteiger partial charge is 0.147 e. The molecule has 0 spiro atoms. The van der Waals surface area contributed by atoms with Gasteiger partial charge in [-0.05, 0) is 13.1 Å². The third-order valence-corrected chi connectivity index (χ3v) is 2.51. The molecule has 4 heteroatoms. The Hall–Kier alpha value is -1.06. The highest BCUT2D eigenvalue weighted by Gasteiger charge is 2.11. The Bertz CT molecular complexity index is 464. The molecule has 1 heterocycles. The number of halogens is 2. The van der Waals surface area contributed by atoms with Gasteiger partial charge < -0.3 is 10.3 Å². The van der Waals surface area contributed by atoms with Crippen LogP contribution < -0.4 is 5.32 Å². The average molecular weight is 213 g/mol. The Kier molecular flexibility index (Phi) is 2.44. The van der Waals surface area contributed by atoms with Crippen molar-refractivity contribution in [2.45, 2.75) is 6.54 Å². The molecule has 1 aromatic carbocycles. The van der Waals surface area contributed by atoms with E-state index in [2.05, 4.69) is 10.3 Å². The molecular formula is C10H10ClFN2. The van der Waals surface area contributed by atoms with E-state index in [9.17, 15) is 4.39 Å². The molecular weight excluding hydrogens is 203 g/mol. The van der Waals surface area contributed by atoms with Gasteiger partial charge in [-0.2, -0.15) is 0 Å². The van der Waals surface area contributed by atoms with Gasteiger partial charge in [0, 0.05) is 17.5 Å². The second-order valence-electron chi connectivity index (χ2n) is 3.11. The van der Waals surface area contributed by atoms with Gasteiger partial charge in [0.2, 0.25) is 0 Å². The predicted octanol–water partition coefficient (Wildman–Crippen LogP) is 2.68. The van der Waals surface area contributed by atoms with E-state index >= 15 is 0 Å². The number of hydrogen-bond donors (Lipinski definition) is 2. The topological polar surface area (TPSA) is 27.8 Å². The first-order chi connectivity index (χ1) is 6.74. The van der Waals surface area contributed by atoms with Crippen LogP contribution in [0.5, 0.6) is 0 Å². The number of H-pyrrole nitrogens is 1. The molecule has 0 fully saturated rings. The van der Waals surface area contributed by atoms with Gasteiger partial charge in [0.1, 0.15) is 11.0 Å². The molecule has 0 unspecified atom stereocenters. The SMILES string of the molecule is CNCc1c(Cl)[nH]c2c(F)cccc12. The minimum Gasteiger partial charge on any atom is -0.343 e. The number of aromatic amines is 1. The van der Waals surface area contributed by atoms with E-state index < -0.39 is 0 Å². The van der Waals surface area contributed by atoms with Crippen molar-refractivity contribution in [3.63, 3.8) is 0 Å². The molecule has 0 saturated carbocycles. The molecule has 0 saturated heterocycles. The molecule has 2 rings (SSSR count). The maximum absolute atomic E-state index is 13.3. The van der Waals surface area contributed by atoms with Crippen molar-refractivity contribution in [3.8, 4) is 0 Å². The highest BCUT2D eigenvalue weighted by atomic mass is 35.5. The molecule has 2 N–H and O–H groups in total. The Morgan fingerprint density at radius 2 is 2.29 bits per heavy atom. The van der Waals surface area contributed by atoms with Gasteiger partial charge in [0.05, 0.1) is 5.52 Å². The predicted molar refractivity (Wildman–Crippen MR) is 56.0 cm³/mol. The number of rotatable bonds is 2. The monoisotopic (exact) mass is 212 g/mol. The van der Waals surface area contributed by atoms with Gasteiger partial charge in [-0.15, -0.1) is 0 Å². The second kappa shape index (κ2) is 3.59. The lowest BCUT2D eigenvalue weighted by molar-refractivity contribution is 0.637. The highest BCUT2D eigenvalue weighted by molar-refractivity contribution is 6.31. The first kappa shape index (κ1) is 9.49. The Morgan fingerprint density at radius 1 is 1.50 bits per heavy atom. The number of para-hydroxylation sites is 1. The molecule has 0 atom stereocenters. The number of fused-ring (bicyclic) bond motifs is 1. The van der Waals surface area contributed by atoms with Crippen LogP contribution in [0.4, 0.5) is 4.39 Å². The first-order valence-corrected chi connectivity index (χ1v) is 4.71. The standard InChI is InChI=1S/C10H10ClFN2/c1-13-5-7-6-3-2-4-8(12)9(6)14-10(7)11/h2-4,13-14H,5H2,1H3. The van der Waals surface area contributed by atoms with Crippen molar-refractivity contribution in [1.29, 1.82) is 0 Å². The maximum atomic E-state index is 13.3. The second-order valence-corrected chi connectivity index (χ2v) is 3.49. The van der Waals surface area contributed by atoms with E-state index in [0.29, 0.717) is 17.2 Å². The molecule has 0 amide bonds. The maximum Gasteiger partial charge on any atom is 0.147 e. The van der Waals surface area contributed by atoms with E-state index in [0.717, 1.165) is 10.9 Å². The van der Waals surface area contributed by atoms with Gasteiger partial charge in [0.15, 0.2) is 0 Å². The fraction of sp³-hybridized carbons (Fsp3) is 0.200. The molecule has 14 heavy (non-hydrogen) atoms. The summed E-state index contributed by atoms with van der Waals surface area (Å²) in [5, 5.41) is 4.33. The van der Waals surface area contributed by atoms with Crippen molar-refractivity contribution in [1.82, 2.24) is 10.3 Å². The highest BCUT2D eigenvalue weighted by Crippen LogP contribution is 2.27. The third-order valence-electron chi connectivity index (χ3n) is 2.19. The molecule has 0 bridgehead atoms. The van der Waals surface area contributed by atoms with Crippen LogP contribution in [0, 0.1) is 5.82 Å². The van der Waals surface area contributed by atoms with E-state index in [1.54, 1.807) is 6.07 Å². The van der Waals surface area contributed by atoms with E-state index in [1.165, 1.54) is 6.07 Å². The molecule has 0 aliphatic heterocycles. The summed E-state index contributed by atoms with van der Waals surface area (Å²) in [5.41, 5.74) is 1.38. The van der Waals surface area contributed by atoms with Gasteiger partial charge in [-0.1, -0.05) is 23.7 Å². The van der Waals surface area contributed by atoms with Crippen LogP contribution in [0.15, 0.2) is 18.2 Å². The van der Waals surface area contributed by atoms with E-state index in [-0.39, 0.29) is 5.82 Å². The fourth-order valence-electron chi connectivity index (χ4n) is 1.56. The zero-order chi connectivity index (χ0) is 10.1. The van der Waals surface area contributed by atoms with Crippen molar-refractivity contribution >= 4 is 22.5 Å². The van der Waals surface area contributed by atoms with Gasteiger partial charge in [-0.25, -0.2) is 4.39 Å². The summed E-state index contributed by atoms with van der Waals surface area (Å²) < 4.78 is 13.3. The van der Waals surface area contributed by atoms with Gasteiger partial charge >= 0.3 is 0 Å². The Morgan fingerprint density at radius 3 is 3.00 bits per heavy atom.